The Balaban J connectivity index is 3.58. The van der Waals surface area contributed by atoms with Crippen LogP contribution in [-0.4, -0.2) is 15.4 Å². The van der Waals surface area contributed by atoms with Crippen molar-refractivity contribution in [3.8, 4) is 12.3 Å². The fourth-order valence-electron chi connectivity index (χ4n) is 0.318. The molecule has 0 radical (unpaired) electrons. The quantitative estimate of drug-likeness (QED) is 0.404. The highest BCUT2D eigenvalue weighted by atomic mass is 28.4. The Labute approximate surface area is 52.2 Å². The first-order valence-corrected chi connectivity index (χ1v) is 5.72. The fraction of sp³-hybridized carbons (Fsp3) is 0.667. The van der Waals surface area contributed by atoms with Crippen LogP contribution in [0.25, 0.3) is 0 Å². The summed E-state index contributed by atoms with van der Waals surface area (Å²) in [6.45, 7) is 4.21. The van der Waals surface area contributed by atoms with Gasteiger partial charge >= 0.3 is 0 Å². The lowest BCUT2D eigenvalue weighted by Gasteiger charge is -2.15. The Morgan fingerprint density at radius 3 is 2.25 bits per heavy atom. The van der Waals surface area contributed by atoms with Crippen LogP contribution in [0.15, 0.2) is 0 Å². The largest absolute Gasteiger partial charge is 0.420 e. The maximum absolute atomic E-state index is 5.17. The molecule has 0 bridgehead atoms. The molecule has 0 aromatic carbocycles. The molecule has 0 saturated carbocycles. The molecule has 0 atom stereocenters. The molecule has 1 nitrogen and oxygen atoms in total. The molecule has 46 valence electrons. The average molecular weight is 128 g/mol. The molecule has 0 heterocycles. The second kappa shape index (κ2) is 2.90. The molecule has 0 N–H and O–H groups in total. The van der Waals surface area contributed by atoms with Gasteiger partial charge in [-0.1, -0.05) is 0 Å². The molecule has 8 heavy (non-hydrogen) atoms. The van der Waals surface area contributed by atoms with E-state index in [4.69, 9.17) is 10.8 Å². The Bertz CT molecular complexity index is 102. The molecule has 0 amide bonds. The van der Waals surface area contributed by atoms with E-state index >= 15 is 0 Å². The van der Waals surface area contributed by atoms with E-state index in [9.17, 15) is 0 Å². The minimum atomic E-state index is -1.41. The highest BCUT2D eigenvalue weighted by Gasteiger charge is 2.17. The van der Waals surface area contributed by atoms with E-state index < -0.39 is 8.32 Å². The van der Waals surface area contributed by atoms with Crippen molar-refractivity contribution in [2.24, 2.45) is 0 Å². The fourth-order valence-corrected chi connectivity index (χ4v) is 0.954. The van der Waals surface area contributed by atoms with Crippen molar-refractivity contribution in [3.63, 3.8) is 0 Å². The van der Waals surface area contributed by atoms with Crippen LogP contribution < -0.4 is 0 Å². The predicted octanol–water partition coefficient (Wildman–Crippen LogP) is 1.47. The van der Waals surface area contributed by atoms with Gasteiger partial charge in [-0.25, -0.2) is 0 Å². The summed E-state index contributed by atoms with van der Waals surface area (Å²) in [5, 5.41) is 0. The highest BCUT2D eigenvalue weighted by molar-refractivity contribution is 6.71. The summed E-state index contributed by atoms with van der Waals surface area (Å²) >= 11 is 0. The van der Waals surface area contributed by atoms with Crippen LogP contribution in [0.4, 0.5) is 0 Å². The van der Waals surface area contributed by atoms with E-state index in [2.05, 4.69) is 19.0 Å². The van der Waals surface area contributed by atoms with Crippen LogP contribution in [0, 0.1) is 12.3 Å². The maximum Gasteiger partial charge on any atom is 0.197 e. The van der Waals surface area contributed by atoms with Crippen LogP contribution in [0.1, 0.15) is 0 Å². The van der Waals surface area contributed by atoms with Gasteiger partial charge in [0, 0.05) is 13.2 Å². The summed E-state index contributed by atoms with van der Waals surface area (Å²) in [7, 11) is 0.312. The first-order chi connectivity index (χ1) is 3.62. The third-order valence-corrected chi connectivity index (χ3v) is 3.24. The summed E-state index contributed by atoms with van der Waals surface area (Å²) in [5.74, 6) is 2.60. The second-order valence-corrected chi connectivity index (χ2v) is 6.63. The lowest BCUT2D eigenvalue weighted by Crippen LogP contribution is -2.27. The minimum absolute atomic E-state index is 0.809. The molecular formula is C6H12OSi. The van der Waals surface area contributed by atoms with Crippen LogP contribution in [0.3, 0.4) is 0 Å². The predicted molar refractivity (Wildman–Crippen MR) is 38.1 cm³/mol. The number of hydrogen-bond donors (Lipinski definition) is 0. The Morgan fingerprint density at radius 2 is 2.12 bits per heavy atom. The van der Waals surface area contributed by atoms with Gasteiger partial charge < -0.3 is 4.43 Å². The Hall–Kier alpha value is -0.263. The summed E-state index contributed by atoms with van der Waals surface area (Å²) < 4.78 is 5.17. The highest BCUT2D eigenvalue weighted by Crippen LogP contribution is 2.06. The van der Waals surface area contributed by atoms with Crippen LogP contribution >= 0.6 is 0 Å². The minimum Gasteiger partial charge on any atom is -0.420 e. The van der Waals surface area contributed by atoms with Gasteiger partial charge in [0.2, 0.25) is 0 Å². The summed E-state index contributed by atoms with van der Waals surface area (Å²) in [4.78, 5) is 0. The van der Waals surface area contributed by atoms with Crippen LogP contribution in [0.5, 0.6) is 0 Å². The molecule has 0 aliphatic heterocycles. The second-order valence-electron chi connectivity index (χ2n) is 2.34. The van der Waals surface area contributed by atoms with Crippen LogP contribution in [-0.2, 0) is 4.43 Å². The molecule has 0 saturated heterocycles. The number of rotatable bonds is 2. The Kier molecular flexibility index (Phi) is 2.81. The third kappa shape index (κ3) is 2.84. The molecule has 0 aliphatic carbocycles. The molecule has 0 unspecified atom stereocenters. The van der Waals surface area contributed by atoms with Gasteiger partial charge in [-0.05, 0) is 13.1 Å². The molecule has 0 spiro atoms. The number of terminal acetylenes is 1. The molecule has 0 aromatic heterocycles. The topological polar surface area (TPSA) is 9.23 Å². The Morgan fingerprint density at radius 1 is 1.62 bits per heavy atom. The normalized spacial score (nSPS) is 10.8. The van der Waals surface area contributed by atoms with Gasteiger partial charge in [-0.2, -0.15) is 0 Å². The molecule has 0 rings (SSSR count). The van der Waals surface area contributed by atoms with E-state index in [0.29, 0.717) is 0 Å². The first-order valence-electron chi connectivity index (χ1n) is 2.61. The van der Waals surface area contributed by atoms with Crippen molar-refractivity contribution in [1.82, 2.24) is 0 Å². The van der Waals surface area contributed by atoms with Crippen molar-refractivity contribution < 1.29 is 4.43 Å². The van der Waals surface area contributed by atoms with Gasteiger partial charge in [0.1, 0.15) is 0 Å². The van der Waals surface area contributed by atoms with Gasteiger partial charge in [-0.15, -0.1) is 12.3 Å². The van der Waals surface area contributed by atoms with Crippen molar-refractivity contribution in [3.05, 3.63) is 0 Å². The lowest BCUT2D eigenvalue weighted by molar-refractivity contribution is 0.407. The van der Waals surface area contributed by atoms with Gasteiger partial charge in [0.25, 0.3) is 0 Å². The van der Waals surface area contributed by atoms with Crippen molar-refractivity contribution in [2.45, 2.75) is 19.1 Å². The molecule has 0 aromatic rings. The van der Waals surface area contributed by atoms with Gasteiger partial charge in [0.15, 0.2) is 8.32 Å². The monoisotopic (exact) mass is 128 g/mol. The van der Waals surface area contributed by atoms with Crippen LogP contribution in [0.2, 0.25) is 19.1 Å². The zero-order valence-corrected chi connectivity index (χ0v) is 6.69. The standard InChI is InChI=1S/C6H12OSi/c1-5-6-8(3,4)7-2/h1H,6H2,2-4H3. The SMILES string of the molecule is C#CC[Si](C)(C)OC. The molecule has 2 heteroatoms. The van der Waals surface area contributed by atoms with E-state index in [1.165, 1.54) is 0 Å². The summed E-state index contributed by atoms with van der Waals surface area (Å²) in [6, 6.07) is 0.809. The smallest absolute Gasteiger partial charge is 0.197 e. The zero-order valence-electron chi connectivity index (χ0n) is 5.69. The van der Waals surface area contributed by atoms with E-state index in [-0.39, 0.29) is 0 Å². The third-order valence-electron chi connectivity index (χ3n) is 1.08. The molecular weight excluding hydrogens is 116 g/mol. The van der Waals surface area contributed by atoms with Crippen molar-refractivity contribution in [1.29, 1.82) is 0 Å². The van der Waals surface area contributed by atoms with E-state index in [1.54, 1.807) is 7.11 Å². The first kappa shape index (κ1) is 7.74. The van der Waals surface area contributed by atoms with Crippen molar-refractivity contribution in [2.75, 3.05) is 7.11 Å². The van der Waals surface area contributed by atoms with Gasteiger partial charge in [0.05, 0.1) is 0 Å². The summed E-state index contributed by atoms with van der Waals surface area (Å²) in [6.07, 6.45) is 5.09. The average Bonchev–Trinajstić information content (AvgIpc) is 1.67. The van der Waals surface area contributed by atoms with Crippen molar-refractivity contribution >= 4 is 8.32 Å². The number of hydrogen-bond acceptors (Lipinski definition) is 1. The molecule has 0 fully saturated rings. The van der Waals surface area contributed by atoms with E-state index in [1.807, 2.05) is 0 Å². The lowest BCUT2D eigenvalue weighted by atomic mass is 10.8. The zero-order chi connectivity index (χ0) is 6.62. The van der Waals surface area contributed by atoms with E-state index in [0.717, 1.165) is 6.04 Å². The summed E-state index contributed by atoms with van der Waals surface area (Å²) in [5.41, 5.74) is 0. The molecule has 0 aliphatic rings. The van der Waals surface area contributed by atoms with Gasteiger partial charge in [-0.3, -0.25) is 0 Å². The maximum atomic E-state index is 5.17.